The molecule has 5 fully saturated rings. The molecule has 1 amide bonds. The van der Waals surface area contributed by atoms with E-state index in [1.165, 1.54) is 38.5 Å². The van der Waals surface area contributed by atoms with E-state index in [1.54, 1.807) is 7.11 Å². The summed E-state index contributed by atoms with van der Waals surface area (Å²) in [5, 5.41) is 0. The number of hydrogen-bond acceptors (Lipinski definition) is 3. The normalized spacial score (nSPS) is 43.6. The molecule has 138 valence electrons. The first-order valence-corrected chi connectivity index (χ1v) is 9.63. The predicted octanol–water partition coefficient (Wildman–Crippen LogP) is 2.98. The number of nitrogens with zero attached hydrogens (tertiary/aromatic N) is 1. The Balaban J connectivity index is 0.00000169. The molecule has 2 N–H and O–H groups in total. The van der Waals surface area contributed by atoms with Gasteiger partial charge in [-0.25, -0.2) is 0 Å². The second kappa shape index (κ2) is 7.13. The largest absolute Gasteiger partial charge is 0.381 e. The van der Waals surface area contributed by atoms with Crippen LogP contribution in [0, 0.1) is 23.2 Å². The lowest BCUT2D eigenvalue weighted by molar-refractivity contribution is -0.144. The maximum Gasteiger partial charge on any atom is 0.223 e. The molecule has 4 aliphatic carbocycles. The van der Waals surface area contributed by atoms with Gasteiger partial charge in [-0.3, -0.25) is 4.79 Å². The summed E-state index contributed by atoms with van der Waals surface area (Å²) in [6.07, 6.45) is 11.2. The zero-order valence-corrected chi connectivity index (χ0v) is 15.7. The molecule has 0 aromatic carbocycles. The van der Waals surface area contributed by atoms with Crippen LogP contribution < -0.4 is 5.73 Å². The van der Waals surface area contributed by atoms with E-state index in [0.29, 0.717) is 17.9 Å². The van der Waals surface area contributed by atoms with Crippen LogP contribution in [-0.2, 0) is 9.53 Å². The summed E-state index contributed by atoms with van der Waals surface area (Å²) >= 11 is 0. The monoisotopic (exact) mass is 356 g/mol. The van der Waals surface area contributed by atoms with E-state index in [9.17, 15) is 4.79 Å². The Morgan fingerprint density at radius 3 is 2.21 bits per heavy atom. The van der Waals surface area contributed by atoms with Gasteiger partial charge in [0.25, 0.3) is 0 Å². The van der Waals surface area contributed by atoms with Gasteiger partial charge in [0, 0.05) is 32.7 Å². The molecular weight excluding hydrogens is 324 g/mol. The second-order valence-corrected chi connectivity index (χ2v) is 8.95. The molecule has 4 saturated carbocycles. The molecule has 5 heteroatoms. The van der Waals surface area contributed by atoms with E-state index in [2.05, 4.69) is 4.90 Å². The molecule has 0 aromatic heterocycles. The Kier molecular flexibility index (Phi) is 5.48. The Labute approximate surface area is 152 Å². The molecule has 0 radical (unpaired) electrons. The summed E-state index contributed by atoms with van der Waals surface area (Å²) in [6.45, 7) is 1.39. The first-order valence-electron chi connectivity index (χ1n) is 9.63. The zero-order chi connectivity index (χ0) is 16.0. The van der Waals surface area contributed by atoms with Gasteiger partial charge >= 0.3 is 0 Å². The molecule has 0 aromatic rings. The third-order valence-corrected chi connectivity index (χ3v) is 7.28. The Bertz CT molecular complexity index is 435. The van der Waals surface area contributed by atoms with Crippen LogP contribution in [-0.4, -0.2) is 43.2 Å². The summed E-state index contributed by atoms with van der Waals surface area (Å²) in [6, 6.07) is 0.176. The lowest BCUT2D eigenvalue weighted by Crippen LogP contribution is -2.54. The molecule has 1 heterocycles. The van der Waals surface area contributed by atoms with Crippen LogP contribution in [0.25, 0.3) is 0 Å². The van der Waals surface area contributed by atoms with Gasteiger partial charge in [-0.1, -0.05) is 0 Å². The van der Waals surface area contributed by atoms with Gasteiger partial charge in [-0.15, -0.1) is 12.4 Å². The molecule has 1 aliphatic heterocycles. The van der Waals surface area contributed by atoms with Crippen molar-refractivity contribution in [2.45, 2.75) is 69.9 Å². The number of hydrogen-bond donors (Lipinski definition) is 1. The van der Waals surface area contributed by atoms with Gasteiger partial charge in [-0.05, 0) is 74.5 Å². The van der Waals surface area contributed by atoms with Crippen molar-refractivity contribution < 1.29 is 9.53 Å². The molecule has 5 aliphatic rings. The Hall–Kier alpha value is -0.320. The van der Waals surface area contributed by atoms with E-state index in [0.717, 1.165) is 43.6 Å². The minimum Gasteiger partial charge on any atom is -0.381 e. The Morgan fingerprint density at radius 1 is 1.12 bits per heavy atom. The van der Waals surface area contributed by atoms with Crippen molar-refractivity contribution in [3.05, 3.63) is 0 Å². The first kappa shape index (κ1) is 18.5. The highest BCUT2D eigenvalue weighted by Crippen LogP contribution is 2.61. The highest BCUT2D eigenvalue weighted by molar-refractivity contribution is 5.85. The van der Waals surface area contributed by atoms with Crippen LogP contribution in [0.4, 0.5) is 0 Å². The Morgan fingerprint density at radius 2 is 1.71 bits per heavy atom. The number of rotatable bonds is 4. The number of carbonyl (C=O) groups excluding carboxylic acids is 1. The number of methoxy groups -OCH3 is 1. The van der Waals surface area contributed by atoms with Gasteiger partial charge in [0.2, 0.25) is 5.91 Å². The first-order chi connectivity index (χ1) is 11.1. The number of halogens is 1. The zero-order valence-electron chi connectivity index (χ0n) is 14.9. The highest BCUT2D eigenvalue weighted by Gasteiger charge is 2.52. The standard InChI is InChI=1S/C19H32N2O2.ClH/c1-23-17-2-3-21(16(7-17)12-20)18(22)11-19-8-13-4-14(9-19)6-15(5-13)10-19;/h13-17H,2-12,20H2,1H3;1H. The number of nitrogens with two attached hydrogens (primary N) is 1. The van der Waals surface area contributed by atoms with Crippen LogP contribution in [0.3, 0.4) is 0 Å². The van der Waals surface area contributed by atoms with E-state index in [4.69, 9.17) is 10.5 Å². The summed E-state index contributed by atoms with van der Waals surface area (Å²) < 4.78 is 5.49. The van der Waals surface area contributed by atoms with E-state index >= 15 is 0 Å². The van der Waals surface area contributed by atoms with Crippen LogP contribution in [0.1, 0.15) is 57.8 Å². The summed E-state index contributed by atoms with van der Waals surface area (Å²) in [7, 11) is 1.77. The fourth-order valence-corrected chi connectivity index (χ4v) is 6.71. The average Bonchev–Trinajstić information content (AvgIpc) is 2.52. The fourth-order valence-electron chi connectivity index (χ4n) is 6.71. The number of carbonyl (C=O) groups is 1. The van der Waals surface area contributed by atoms with Crippen molar-refractivity contribution >= 4 is 18.3 Å². The van der Waals surface area contributed by atoms with Crippen molar-refractivity contribution in [3.8, 4) is 0 Å². The highest BCUT2D eigenvalue weighted by atomic mass is 35.5. The number of amides is 1. The van der Waals surface area contributed by atoms with Crippen molar-refractivity contribution in [1.29, 1.82) is 0 Å². The van der Waals surface area contributed by atoms with E-state index < -0.39 is 0 Å². The lowest BCUT2D eigenvalue weighted by atomic mass is 9.49. The second-order valence-electron chi connectivity index (χ2n) is 8.95. The maximum atomic E-state index is 13.1. The third kappa shape index (κ3) is 3.34. The average molecular weight is 357 g/mol. The molecule has 4 nitrogen and oxygen atoms in total. The predicted molar refractivity (Wildman–Crippen MR) is 97.1 cm³/mol. The van der Waals surface area contributed by atoms with E-state index in [-0.39, 0.29) is 24.6 Å². The van der Waals surface area contributed by atoms with Gasteiger partial charge in [0.05, 0.1) is 6.10 Å². The molecule has 24 heavy (non-hydrogen) atoms. The maximum absolute atomic E-state index is 13.1. The quantitative estimate of drug-likeness (QED) is 0.842. The minimum absolute atomic E-state index is 0. The van der Waals surface area contributed by atoms with Gasteiger partial charge in [0.1, 0.15) is 0 Å². The molecule has 4 bridgehead atoms. The molecule has 1 saturated heterocycles. The smallest absolute Gasteiger partial charge is 0.223 e. The van der Waals surface area contributed by atoms with E-state index in [1.807, 2.05) is 0 Å². The van der Waals surface area contributed by atoms with Gasteiger partial charge < -0.3 is 15.4 Å². The topological polar surface area (TPSA) is 55.6 Å². The summed E-state index contributed by atoms with van der Waals surface area (Å²) in [5.74, 6) is 3.12. The summed E-state index contributed by atoms with van der Waals surface area (Å²) in [5.41, 5.74) is 6.30. The van der Waals surface area contributed by atoms with Crippen LogP contribution in [0.2, 0.25) is 0 Å². The van der Waals surface area contributed by atoms with Gasteiger partial charge in [-0.2, -0.15) is 0 Å². The number of ether oxygens (including phenoxy) is 1. The van der Waals surface area contributed by atoms with Crippen LogP contribution in [0.5, 0.6) is 0 Å². The SMILES string of the molecule is COC1CCN(C(=O)CC23CC4CC(CC(C4)C2)C3)C(CN)C1.Cl. The molecule has 2 atom stereocenters. The fraction of sp³-hybridized carbons (Fsp3) is 0.947. The molecule has 0 spiro atoms. The van der Waals surface area contributed by atoms with Crippen molar-refractivity contribution in [2.75, 3.05) is 20.2 Å². The lowest BCUT2D eigenvalue weighted by Gasteiger charge is -2.57. The third-order valence-electron chi connectivity index (χ3n) is 7.28. The van der Waals surface area contributed by atoms with Crippen LogP contribution in [0.15, 0.2) is 0 Å². The summed E-state index contributed by atoms with van der Waals surface area (Å²) in [4.78, 5) is 15.2. The molecule has 5 rings (SSSR count). The van der Waals surface area contributed by atoms with Crippen molar-refractivity contribution in [2.24, 2.45) is 28.9 Å². The molecule has 2 unspecified atom stereocenters. The van der Waals surface area contributed by atoms with Crippen LogP contribution >= 0.6 is 12.4 Å². The molecular formula is C19H33ClN2O2. The van der Waals surface area contributed by atoms with Crippen molar-refractivity contribution in [1.82, 2.24) is 4.90 Å². The number of likely N-dealkylation sites (tertiary alicyclic amines) is 1. The minimum atomic E-state index is 0. The number of piperidine rings is 1. The van der Waals surface area contributed by atoms with Crippen molar-refractivity contribution in [3.63, 3.8) is 0 Å². The van der Waals surface area contributed by atoms with Gasteiger partial charge in [0.15, 0.2) is 0 Å².